The molecule has 0 atom stereocenters. The van der Waals surface area contributed by atoms with Gasteiger partial charge in [0.1, 0.15) is 0 Å². The van der Waals surface area contributed by atoms with Crippen LogP contribution in [0.3, 0.4) is 0 Å². The van der Waals surface area contributed by atoms with E-state index in [1.165, 1.54) is 12.1 Å². The average Bonchev–Trinajstić information content (AvgIpc) is 2.21. The summed E-state index contributed by atoms with van der Waals surface area (Å²) in [6.45, 7) is 2.02. The third-order valence-electron chi connectivity index (χ3n) is 1.56. The molecule has 0 saturated heterocycles. The van der Waals surface area contributed by atoms with Gasteiger partial charge in [0.05, 0.1) is 12.1 Å². The highest BCUT2D eigenvalue weighted by Gasteiger charge is 2.01. The Morgan fingerprint density at radius 3 is 2.08 bits per heavy atom. The first kappa shape index (κ1) is 11.6. The molecule has 0 aliphatic heterocycles. The minimum atomic E-state index is -0.389. The second kappa shape index (κ2) is 6.11. The third-order valence-corrected chi connectivity index (χ3v) is 1.56. The molecule has 0 N–H and O–H groups in total. The Morgan fingerprint density at radius 1 is 1.31 bits per heavy atom. The number of hydrogen-bond donors (Lipinski definition) is 0. The molecular formula is C9H12FNO2. The number of nitrogens with zero attached hydrogens (tertiary/aromatic N) is 1. The van der Waals surface area contributed by atoms with E-state index < -0.39 is 0 Å². The molecular weight excluding hydrogens is 173 g/mol. The van der Waals surface area contributed by atoms with Gasteiger partial charge in [0, 0.05) is 12.1 Å². The van der Waals surface area contributed by atoms with Crippen LogP contribution < -0.4 is 0 Å². The van der Waals surface area contributed by atoms with E-state index in [0.717, 1.165) is 12.0 Å². The average molecular weight is 185 g/mol. The Morgan fingerprint density at radius 2 is 1.77 bits per heavy atom. The lowest BCUT2D eigenvalue weighted by Gasteiger charge is -1.93. The Kier molecular flexibility index (Phi) is 5.43. The number of halogens is 1. The van der Waals surface area contributed by atoms with Gasteiger partial charge in [0.25, 0.3) is 5.69 Å². The summed E-state index contributed by atoms with van der Waals surface area (Å²) in [5.41, 5.74) is 1.28. The van der Waals surface area contributed by atoms with Crippen LogP contribution in [0.1, 0.15) is 12.5 Å². The first-order valence-electron chi connectivity index (χ1n) is 3.85. The predicted molar refractivity (Wildman–Crippen MR) is 49.5 cm³/mol. The van der Waals surface area contributed by atoms with Crippen molar-refractivity contribution in [3.8, 4) is 0 Å². The minimum Gasteiger partial charge on any atom is -0.258 e. The fourth-order valence-electron chi connectivity index (χ4n) is 0.853. The van der Waals surface area contributed by atoms with Crippen LogP contribution in [0.15, 0.2) is 24.3 Å². The molecule has 0 amide bonds. The van der Waals surface area contributed by atoms with Gasteiger partial charge in [-0.25, -0.2) is 0 Å². The van der Waals surface area contributed by atoms with Crippen LogP contribution in [-0.4, -0.2) is 12.1 Å². The van der Waals surface area contributed by atoms with Crippen molar-refractivity contribution < 1.29 is 9.31 Å². The maximum absolute atomic E-state index is 10.2. The lowest BCUT2D eigenvalue weighted by Crippen LogP contribution is -1.87. The van der Waals surface area contributed by atoms with Crippen molar-refractivity contribution in [3.05, 3.63) is 39.9 Å². The summed E-state index contributed by atoms with van der Waals surface area (Å²) >= 11 is 0. The highest BCUT2D eigenvalue weighted by atomic mass is 19.1. The second-order valence-corrected chi connectivity index (χ2v) is 2.28. The number of rotatable bonds is 2. The lowest BCUT2D eigenvalue weighted by molar-refractivity contribution is -0.384. The molecule has 0 radical (unpaired) electrons. The molecule has 0 aliphatic carbocycles. The van der Waals surface area contributed by atoms with E-state index in [1.807, 2.05) is 6.92 Å². The molecule has 0 aliphatic rings. The highest BCUT2D eigenvalue weighted by Crippen LogP contribution is 2.11. The number of aryl methyl sites for hydroxylation is 1. The molecule has 0 unspecified atom stereocenters. The molecule has 0 bridgehead atoms. The van der Waals surface area contributed by atoms with Gasteiger partial charge in [-0.15, -0.1) is 0 Å². The smallest absolute Gasteiger partial charge is 0.258 e. The van der Waals surface area contributed by atoms with Crippen molar-refractivity contribution in [1.29, 1.82) is 0 Å². The molecule has 4 heteroatoms. The molecule has 13 heavy (non-hydrogen) atoms. The summed E-state index contributed by atoms with van der Waals surface area (Å²) in [7, 11) is 0.500. The van der Waals surface area contributed by atoms with Crippen molar-refractivity contribution in [3.63, 3.8) is 0 Å². The second-order valence-electron chi connectivity index (χ2n) is 2.28. The van der Waals surface area contributed by atoms with E-state index in [-0.39, 0.29) is 10.6 Å². The van der Waals surface area contributed by atoms with Crippen LogP contribution in [-0.2, 0) is 6.42 Å². The van der Waals surface area contributed by atoms with Gasteiger partial charge < -0.3 is 0 Å². The van der Waals surface area contributed by atoms with Crippen LogP contribution in [0.5, 0.6) is 0 Å². The predicted octanol–water partition coefficient (Wildman–Crippen LogP) is 2.74. The summed E-state index contributed by atoms with van der Waals surface area (Å²) in [5.74, 6) is 0. The van der Waals surface area contributed by atoms with Gasteiger partial charge in [-0.3, -0.25) is 14.5 Å². The number of benzene rings is 1. The molecule has 0 spiro atoms. The summed E-state index contributed by atoms with van der Waals surface area (Å²) < 4.78 is 9.50. The van der Waals surface area contributed by atoms with Gasteiger partial charge in [0.15, 0.2) is 0 Å². The molecule has 0 heterocycles. The van der Waals surface area contributed by atoms with Gasteiger partial charge in [0.2, 0.25) is 0 Å². The van der Waals surface area contributed by atoms with Gasteiger partial charge in [-0.1, -0.05) is 19.1 Å². The third kappa shape index (κ3) is 3.64. The monoisotopic (exact) mass is 185 g/mol. The van der Waals surface area contributed by atoms with Gasteiger partial charge >= 0.3 is 0 Å². The Hall–Kier alpha value is -1.45. The van der Waals surface area contributed by atoms with Gasteiger partial charge in [-0.05, 0) is 12.0 Å². The minimum absolute atomic E-state index is 0.155. The number of alkyl halides is 1. The zero-order valence-electron chi connectivity index (χ0n) is 7.66. The van der Waals surface area contributed by atoms with E-state index in [9.17, 15) is 14.5 Å². The van der Waals surface area contributed by atoms with E-state index in [2.05, 4.69) is 0 Å². The lowest BCUT2D eigenvalue weighted by atomic mass is 10.2. The molecule has 1 aromatic rings. The molecule has 72 valence electrons. The number of nitro groups is 1. The fourth-order valence-corrected chi connectivity index (χ4v) is 0.853. The summed E-state index contributed by atoms with van der Waals surface area (Å²) in [6.07, 6.45) is 0.915. The van der Waals surface area contributed by atoms with Crippen LogP contribution in [0, 0.1) is 10.1 Å². The Bertz CT molecular complexity index is 259. The van der Waals surface area contributed by atoms with Crippen molar-refractivity contribution in [2.75, 3.05) is 7.18 Å². The number of non-ortho nitro benzene ring substituents is 1. The van der Waals surface area contributed by atoms with E-state index in [0.29, 0.717) is 7.18 Å². The normalized spacial score (nSPS) is 8.54. The molecule has 1 rings (SSSR count). The molecule has 0 aromatic heterocycles. The topological polar surface area (TPSA) is 43.1 Å². The zero-order chi connectivity index (χ0) is 10.3. The Labute approximate surface area is 76.4 Å². The molecule has 3 nitrogen and oxygen atoms in total. The summed E-state index contributed by atoms with van der Waals surface area (Å²) in [4.78, 5) is 9.82. The standard InChI is InChI=1S/C8H9NO2.CH3F/c1-2-7-3-5-8(6-4-7)9(10)11;1-2/h3-6H,2H2,1H3;1H3. The summed E-state index contributed by atoms with van der Waals surface area (Å²) in [5, 5.41) is 10.2. The largest absolute Gasteiger partial charge is 0.269 e. The Balaban J connectivity index is 0.000000671. The molecule has 1 aromatic carbocycles. The van der Waals surface area contributed by atoms with Crippen molar-refractivity contribution in [1.82, 2.24) is 0 Å². The number of hydrogen-bond acceptors (Lipinski definition) is 2. The van der Waals surface area contributed by atoms with Crippen LogP contribution in [0.2, 0.25) is 0 Å². The van der Waals surface area contributed by atoms with E-state index in [1.54, 1.807) is 12.1 Å². The zero-order valence-corrected chi connectivity index (χ0v) is 7.66. The summed E-state index contributed by atoms with van der Waals surface area (Å²) in [6, 6.07) is 6.61. The maximum Gasteiger partial charge on any atom is 0.269 e. The fraction of sp³-hybridized carbons (Fsp3) is 0.333. The SMILES string of the molecule is CCc1ccc([N+](=O)[O-])cc1.CF. The quantitative estimate of drug-likeness (QED) is 0.525. The van der Waals surface area contributed by atoms with Crippen molar-refractivity contribution in [2.45, 2.75) is 13.3 Å². The molecule has 0 saturated carbocycles. The number of nitro benzene ring substituents is 1. The van der Waals surface area contributed by atoms with Crippen LogP contribution in [0.25, 0.3) is 0 Å². The maximum atomic E-state index is 10.2. The first-order chi connectivity index (χ1) is 6.24. The van der Waals surface area contributed by atoms with E-state index in [4.69, 9.17) is 0 Å². The van der Waals surface area contributed by atoms with E-state index >= 15 is 0 Å². The first-order valence-corrected chi connectivity index (χ1v) is 3.85. The van der Waals surface area contributed by atoms with Crippen LogP contribution >= 0.6 is 0 Å². The van der Waals surface area contributed by atoms with Crippen molar-refractivity contribution >= 4 is 5.69 Å². The molecule has 0 fully saturated rings. The van der Waals surface area contributed by atoms with Crippen LogP contribution in [0.4, 0.5) is 10.1 Å². The van der Waals surface area contributed by atoms with Crippen molar-refractivity contribution in [2.24, 2.45) is 0 Å². The highest BCUT2D eigenvalue weighted by molar-refractivity contribution is 5.32. The van der Waals surface area contributed by atoms with Gasteiger partial charge in [-0.2, -0.15) is 0 Å².